The lowest BCUT2D eigenvalue weighted by atomic mass is 9.81. The minimum atomic E-state index is -1.68. The van der Waals surface area contributed by atoms with Crippen molar-refractivity contribution in [3.8, 4) is 0 Å². The SMILES string of the molecule is C[C@]1(OC(=O)/C=C/c2ccccc2)CC[C@@H]2C(C(=O)O)=CO[C@@H](O[C@@H]3O[C@H](CO)[C@@H](O)[C@H](O)[C@H]3O)[C@@H]21. The first kappa shape index (κ1) is 26.3. The van der Waals surface area contributed by atoms with Crippen LogP contribution in [0.4, 0.5) is 0 Å². The lowest BCUT2D eigenvalue weighted by molar-refractivity contribution is -0.346. The number of fused-ring (bicyclic) bond motifs is 1. The Balaban J connectivity index is 1.56. The van der Waals surface area contributed by atoms with Crippen LogP contribution in [-0.4, -0.2) is 86.7 Å². The fraction of sp³-hybridized carbons (Fsp3) is 0.520. The summed E-state index contributed by atoms with van der Waals surface area (Å²) < 4.78 is 22.6. The number of hydrogen-bond acceptors (Lipinski definition) is 10. The zero-order chi connectivity index (χ0) is 26.0. The lowest BCUT2D eigenvalue weighted by Crippen LogP contribution is -2.60. The van der Waals surface area contributed by atoms with Crippen LogP contribution in [0.1, 0.15) is 25.3 Å². The van der Waals surface area contributed by atoms with E-state index in [2.05, 4.69) is 0 Å². The first-order valence-electron chi connectivity index (χ1n) is 11.7. The molecule has 36 heavy (non-hydrogen) atoms. The Morgan fingerprint density at radius 3 is 2.50 bits per heavy atom. The highest BCUT2D eigenvalue weighted by Crippen LogP contribution is 2.51. The van der Waals surface area contributed by atoms with E-state index in [9.17, 15) is 35.1 Å². The molecule has 2 fully saturated rings. The summed E-state index contributed by atoms with van der Waals surface area (Å²) in [5.41, 5.74) is -0.408. The first-order valence-corrected chi connectivity index (χ1v) is 11.7. The quantitative estimate of drug-likeness (QED) is 0.252. The zero-order valence-corrected chi connectivity index (χ0v) is 19.5. The highest BCUT2D eigenvalue weighted by atomic mass is 16.8. The van der Waals surface area contributed by atoms with Crippen molar-refractivity contribution in [3.05, 3.63) is 53.8 Å². The average Bonchev–Trinajstić information content (AvgIpc) is 3.20. The van der Waals surface area contributed by atoms with Gasteiger partial charge in [-0.25, -0.2) is 9.59 Å². The van der Waals surface area contributed by atoms with E-state index in [-0.39, 0.29) is 5.57 Å². The molecular formula is C25H30O11. The molecule has 196 valence electrons. The van der Waals surface area contributed by atoms with Crippen molar-refractivity contribution in [1.29, 1.82) is 0 Å². The molecule has 1 aromatic carbocycles. The van der Waals surface area contributed by atoms with E-state index in [1.165, 1.54) is 6.08 Å². The van der Waals surface area contributed by atoms with Gasteiger partial charge in [-0.2, -0.15) is 0 Å². The fourth-order valence-corrected chi connectivity index (χ4v) is 5.10. The molecule has 11 heteroatoms. The summed E-state index contributed by atoms with van der Waals surface area (Å²) >= 11 is 0. The van der Waals surface area contributed by atoms with Gasteiger partial charge in [0.25, 0.3) is 0 Å². The molecule has 2 heterocycles. The maximum absolute atomic E-state index is 12.7. The number of rotatable bonds is 7. The Hall–Kier alpha value is -2.80. The van der Waals surface area contributed by atoms with Crippen LogP contribution >= 0.6 is 0 Å². The van der Waals surface area contributed by atoms with Crippen molar-refractivity contribution in [3.63, 3.8) is 0 Å². The third-order valence-electron chi connectivity index (χ3n) is 7.02. The number of carbonyl (C=O) groups is 2. The Bertz CT molecular complexity index is 1010. The van der Waals surface area contributed by atoms with Gasteiger partial charge in [-0.1, -0.05) is 30.3 Å². The Morgan fingerprint density at radius 2 is 1.83 bits per heavy atom. The van der Waals surface area contributed by atoms with Gasteiger partial charge in [-0.05, 0) is 31.4 Å². The first-order chi connectivity index (χ1) is 17.1. The smallest absolute Gasteiger partial charge is 0.334 e. The third kappa shape index (κ3) is 5.17. The van der Waals surface area contributed by atoms with Crippen molar-refractivity contribution >= 4 is 18.0 Å². The minimum Gasteiger partial charge on any atom is -0.478 e. The number of ether oxygens (including phenoxy) is 4. The van der Waals surface area contributed by atoms with Crippen molar-refractivity contribution in [1.82, 2.24) is 0 Å². The van der Waals surface area contributed by atoms with Gasteiger partial charge < -0.3 is 44.5 Å². The number of hydrogen-bond donors (Lipinski definition) is 5. The number of carboxylic acids is 1. The number of carboxylic acid groups (broad SMARTS) is 1. The Morgan fingerprint density at radius 1 is 1.11 bits per heavy atom. The zero-order valence-electron chi connectivity index (χ0n) is 19.5. The lowest BCUT2D eigenvalue weighted by Gasteiger charge is -2.44. The minimum absolute atomic E-state index is 0.00625. The van der Waals surface area contributed by atoms with Crippen LogP contribution in [0, 0.1) is 11.8 Å². The number of aliphatic hydroxyl groups is 4. The molecule has 11 nitrogen and oxygen atoms in total. The second-order valence-electron chi connectivity index (χ2n) is 9.36. The van der Waals surface area contributed by atoms with E-state index in [0.717, 1.165) is 11.8 Å². The van der Waals surface area contributed by atoms with Crippen molar-refractivity contribution in [2.75, 3.05) is 6.61 Å². The molecule has 0 aromatic heterocycles. The maximum atomic E-state index is 12.7. The maximum Gasteiger partial charge on any atom is 0.334 e. The predicted molar refractivity (Wildman–Crippen MR) is 122 cm³/mol. The van der Waals surface area contributed by atoms with Crippen LogP contribution in [0.3, 0.4) is 0 Å². The van der Waals surface area contributed by atoms with Gasteiger partial charge in [-0.15, -0.1) is 0 Å². The molecular weight excluding hydrogens is 476 g/mol. The van der Waals surface area contributed by atoms with E-state index in [1.54, 1.807) is 13.0 Å². The van der Waals surface area contributed by atoms with Crippen molar-refractivity contribution in [2.24, 2.45) is 11.8 Å². The van der Waals surface area contributed by atoms with E-state index in [4.69, 9.17) is 18.9 Å². The van der Waals surface area contributed by atoms with E-state index < -0.39 is 73.0 Å². The van der Waals surface area contributed by atoms with Gasteiger partial charge in [0.1, 0.15) is 30.0 Å². The van der Waals surface area contributed by atoms with Crippen molar-refractivity contribution < 1.29 is 54.1 Å². The summed E-state index contributed by atoms with van der Waals surface area (Å²) in [6.07, 6.45) is -4.24. The van der Waals surface area contributed by atoms with E-state index in [0.29, 0.717) is 12.8 Å². The number of aliphatic hydroxyl groups excluding tert-OH is 4. The summed E-state index contributed by atoms with van der Waals surface area (Å²) in [6, 6.07) is 9.14. The number of aliphatic carboxylic acids is 1. The molecule has 1 saturated heterocycles. The molecule has 4 rings (SSSR count). The molecule has 0 amide bonds. The number of benzene rings is 1. The van der Waals surface area contributed by atoms with Crippen LogP contribution in [0.15, 0.2) is 48.2 Å². The highest BCUT2D eigenvalue weighted by Gasteiger charge is 2.58. The Kier molecular flexibility index (Phi) is 7.79. The summed E-state index contributed by atoms with van der Waals surface area (Å²) in [6.45, 7) is 1.01. The fourth-order valence-electron chi connectivity index (χ4n) is 5.10. The van der Waals surface area contributed by atoms with Crippen LogP contribution in [0.25, 0.3) is 6.08 Å². The Labute approximate surface area is 207 Å². The van der Waals surface area contributed by atoms with Gasteiger partial charge in [-0.3, -0.25) is 0 Å². The average molecular weight is 507 g/mol. The normalized spacial score (nSPS) is 38.2. The standard InChI is InChI=1S/C25H30O11/c1-25(36-17(27)8-7-13-5-3-2-4-6-13)10-9-14-15(22(31)32)12-33-23(18(14)25)35-24-21(30)20(29)19(28)16(11-26)34-24/h2-8,12,14,16,18-21,23-24,26,28-30H,9-11H2,1H3,(H,31,32)/b8-7+/t14-,16-,18-,19-,20+,21-,23+,24+,25+/m1/s1. The summed E-state index contributed by atoms with van der Waals surface area (Å²) in [5.74, 6) is -3.21. The molecule has 0 unspecified atom stereocenters. The van der Waals surface area contributed by atoms with Crippen LogP contribution in [-0.2, 0) is 28.5 Å². The second kappa shape index (κ2) is 10.7. The highest BCUT2D eigenvalue weighted by molar-refractivity contribution is 5.88. The molecule has 2 aliphatic heterocycles. The molecule has 0 spiro atoms. The topological polar surface area (TPSA) is 172 Å². The van der Waals surface area contributed by atoms with Gasteiger partial charge in [0.15, 0.2) is 6.29 Å². The summed E-state index contributed by atoms with van der Waals surface area (Å²) in [5, 5.41) is 49.6. The monoisotopic (exact) mass is 506 g/mol. The second-order valence-corrected chi connectivity index (χ2v) is 9.36. The predicted octanol–water partition coefficient (Wildman–Crippen LogP) is 0.169. The van der Waals surface area contributed by atoms with Gasteiger partial charge in [0.05, 0.1) is 24.4 Å². The van der Waals surface area contributed by atoms with Crippen LogP contribution in [0.2, 0.25) is 0 Å². The molecule has 1 aliphatic carbocycles. The molecule has 9 atom stereocenters. The molecule has 5 N–H and O–H groups in total. The molecule has 0 bridgehead atoms. The van der Waals surface area contributed by atoms with Crippen LogP contribution in [0.5, 0.6) is 0 Å². The third-order valence-corrected chi connectivity index (χ3v) is 7.02. The van der Waals surface area contributed by atoms with E-state index in [1.807, 2.05) is 30.3 Å². The number of esters is 1. The summed E-state index contributed by atoms with van der Waals surface area (Å²) in [7, 11) is 0. The molecule has 1 saturated carbocycles. The van der Waals surface area contributed by atoms with Crippen LogP contribution < -0.4 is 0 Å². The summed E-state index contributed by atoms with van der Waals surface area (Å²) in [4.78, 5) is 24.5. The molecule has 3 aliphatic rings. The molecule has 0 radical (unpaired) electrons. The van der Waals surface area contributed by atoms with Crippen molar-refractivity contribution in [2.45, 2.75) is 62.4 Å². The number of carbonyl (C=O) groups excluding carboxylic acids is 1. The van der Waals surface area contributed by atoms with Gasteiger partial charge in [0, 0.05) is 12.0 Å². The van der Waals surface area contributed by atoms with E-state index >= 15 is 0 Å². The molecule has 1 aromatic rings. The van der Waals surface area contributed by atoms with Gasteiger partial charge >= 0.3 is 11.9 Å². The largest absolute Gasteiger partial charge is 0.478 e. The van der Waals surface area contributed by atoms with Gasteiger partial charge in [0.2, 0.25) is 6.29 Å².